The van der Waals surface area contributed by atoms with E-state index < -0.39 is 5.92 Å². The topological polar surface area (TPSA) is 87.7 Å². The summed E-state index contributed by atoms with van der Waals surface area (Å²) < 4.78 is 0. The van der Waals surface area contributed by atoms with Gasteiger partial charge in [-0.1, -0.05) is 31.1 Å². The molecule has 104 valence electrons. The number of benzene rings is 1. The second-order valence-electron chi connectivity index (χ2n) is 4.44. The summed E-state index contributed by atoms with van der Waals surface area (Å²) in [6.45, 7) is 3.70. The lowest BCUT2D eigenvalue weighted by Gasteiger charge is -2.19. The van der Waals surface area contributed by atoms with E-state index in [1.165, 1.54) is 0 Å². The largest absolute Gasteiger partial charge is 0.409 e. The highest BCUT2D eigenvalue weighted by molar-refractivity contribution is 7.98. The third kappa shape index (κ3) is 3.89. The molecular formula is C13H19N3O2S. The Kier molecular flexibility index (Phi) is 5.69. The van der Waals surface area contributed by atoms with Gasteiger partial charge in [-0.15, -0.1) is 11.8 Å². The van der Waals surface area contributed by atoms with E-state index in [1.54, 1.807) is 11.8 Å². The maximum atomic E-state index is 12.2. The maximum absolute atomic E-state index is 12.2. The van der Waals surface area contributed by atoms with Crippen molar-refractivity contribution < 1.29 is 10.0 Å². The Morgan fingerprint density at radius 2 is 2.05 bits per heavy atom. The minimum absolute atomic E-state index is 0.0580. The highest BCUT2D eigenvalue weighted by Gasteiger charge is 2.27. The zero-order valence-corrected chi connectivity index (χ0v) is 12.1. The van der Waals surface area contributed by atoms with Crippen LogP contribution >= 0.6 is 11.8 Å². The van der Waals surface area contributed by atoms with Crippen molar-refractivity contribution in [3.8, 4) is 0 Å². The first-order valence-electron chi connectivity index (χ1n) is 5.92. The predicted octanol–water partition coefficient (Wildman–Crippen LogP) is 2.37. The monoisotopic (exact) mass is 281 g/mol. The number of oxime groups is 1. The molecule has 1 aromatic rings. The normalized spacial score (nSPS) is 13.4. The molecule has 4 N–H and O–H groups in total. The zero-order valence-electron chi connectivity index (χ0n) is 11.3. The summed E-state index contributed by atoms with van der Waals surface area (Å²) in [4.78, 5) is 13.2. The van der Waals surface area contributed by atoms with Crippen LogP contribution in [0.4, 0.5) is 5.69 Å². The molecule has 19 heavy (non-hydrogen) atoms. The number of thioether (sulfide) groups is 1. The molecule has 1 atom stereocenters. The zero-order chi connectivity index (χ0) is 14.4. The van der Waals surface area contributed by atoms with Gasteiger partial charge >= 0.3 is 0 Å². The summed E-state index contributed by atoms with van der Waals surface area (Å²) in [5.74, 6) is -1.06. The second kappa shape index (κ2) is 7.04. The van der Waals surface area contributed by atoms with E-state index in [0.717, 1.165) is 10.6 Å². The molecule has 0 saturated heterocycles. The molecule has 1 amide bonds. The molecule has 0 aliphatic carbocycles. The van der Waals surface area contributed by atoms with E-state index in [2.05, 4.69) is 10.5 Å². The summed E-state index contributed by atoms with van der Waals surface area (Å²) in [5, 5.41) is 14.5. The minimum atomic E-state index is -0.653. The molecule has 0 aliphatic heterocycles. The molecule has 6 heteroatoms. The molecule has 0 fully saturated rings. The van der Waals surface area contributed by atoms with Crippen LogP contribution in [-0.4, -0.2) is 23.2 Å². The maximum Gasteiger partial charge on any atom is 0.235 e. The average Bonchev–Trinajstić information content (AvgIpc) is 2.38. The van der Waals surface area contributed by atoms with Crippen molar-refractivity contribution in [2.75, 3.05) is 11.6 Å². The van der Waals surface area contributed by atoms with Crippen molar-refractivity contribution in [3.63, 3.8) is 0 Å². The van der Waals surface area contributed by atoms with Crippen LogP contribution in [0.3, 0.4) is 0 Å². The highest BCUT2D eigenvalue weighted by atomic mass is 32.2. The smallest absolute Gasteiger partial charge is 0.235 e. The van der Waals surface area contributed by atoms with E-state index in [4.69, 9.17) is 10.9 Å². The Labute approximate surface area is 117 Å². The summed E-state index contributed by atoms with van der Waals surface area (Å²) >= 11 is 1.55. The molecule has 0 aromatic heterocycles. The van der Waals surface area contributed by atoms with Gasteiger partial charge in [-0.05, 0) is 24.3 Å². The fourth-order valence-corrected chi connectivity index (χ4v) is 2.35. The molecule has 1 unspecified atom stereocenters. The Bertz CT molecular complexity index is 475. The van der Waals surface area contributed by atoms with E-state index in [-0.39, 0.29) is 17.7 Å². The van der Waals surface area contributed by atoms with Crippen LogP contribution in [0.25, 0.3) is 0 Å². The number of nitrogens with zero attached hydrogens (tertiary/aromatic N) is 1. The summed E-state index contributed by atoms with van der Waals surface area (Å²) in [5.41, 5.74) is 6.31. The highest BCUT2D eigenvalue weighted by Crippen LogP contribution is 2.25. The van der Waals surface area contributed by atoms with Crippen LogP contribution in [0.2, 0.25) is 0 Å². The second-order valence-corrected chi connectivity index (χ2v) is 5.28. The van der Waals surface area contributed by atoms with Crippen LogP contribution in [0.15, 0.2) is 34.3 Å². The first kappa shape index (κ1) is 15.4. The number of carbonyl (C=O) groups is 1. The van der Waals surface area contributed by atoms with Crippen molar-refractivity contribution in [1.29, 1.82) is 0 Å². The Morgan fingerprint density at radius 1 is 1.42 bits per heavy atom. The molecule has 0 spiro atoms. The first-order valence-corrected chi connectivity index (χ1v) is 7.15. The third-order valence-corrected chi connectivity index (χ3v) is 3.54. The molecule has 0 heterocycles. The predicted molar refractivity (Wildman–Crippen MR) is 78.6 cm³/mol. The number of amidine groups is 1. The van der Waals surface area contributed by atoms with Gasteiger partial charge < -0.3 is 16.3 Å². The van der Waals surface area contributed by atoms with Crippen molar-refractivity contribution in [2.24, 2.45) is 22.7 Å². The number of anilines is 1. The van der Waals surface area contributed by atoms with Gasteiger partial charge in [-0.25, -0.2) is 0 Å². The molecule has 0 radical (unpaired) electrons. The lowest BCUT2D eigenvalue weighted by Crippen LogP contribution is -2.38. The van der Waals surface area contributed by atoms with Gasteiger partial charge in [-0.2, -0.15) is 0 Å². The average molecular weight is 281 g/mol. The number of para-hydroxylation sites is 1. The van der Waals surface area contributed by atoms with Gasteiger partial charge in [0, 0.05) is 4.90 Å². The molecule has 0 bridgehead atoms. The summed E-state index contributed by atoms with van der Waals surface area (Å²) in [6, 6.07) is 7.51. The number of rotatable bonds is 5. The molecule has 5 nitrogen and oxygen atoms in total. The number of amides is 1. The molecule has 1 aromatic carbocycles. The van der Waals surface area contributed by atoms with Gasteiger partial charge in [-0.3, -0.25) is 4.79 Å². The van der Waals surface area contributed by atoms with Crippen molar-refractivity contribution >= 4 is 29.2 Å². The number of hydrogen-bond acceptors (Lipinski definition) is 4. The third-order valence-electron chi connectivity index (χ3n) is 2.75. The molecular weight excluding hydrogens is 262 g/mol. The number of carbonyl (C=O) groups excluding carboxylic acids is 1. The van der Waals surface area contributed by atoms with Crippen LogP contribution in [0.1, 0.15) is 13.8 Å². The molecule has 0 aliphatic rings. The van der Waals surface area contributed by atoms with E-state index in [0.29, 0.717) is 0 Å². The molecule has 0 saturated carbocycles. The minimum Gasteiger partial charge on any atom is -0.409 e. The number of nitrogens with one attached hydrogen (secondary N) is 1. The van der Waals surface area contributed by atoms with Crippen molar-refractivity contribution in [1.82, 2.24) is 0 Å². The van der Waals surface area contributed by atoms with Crippen molar-refractivity contribution in [3.05, 3.63) is 24.3 Å². The Hall–Kier alpha value is -1.69. The van der Waals surface area contributed by atoms with Gasteiger partial charge in [0.15, 0.2) is 5.84 Å². The van der Waals surface area contributed by atoms with Gasteiger partial charge in [0.1, 0.15) is 5.92 Å². The Morgan fingerprint density at radius 3 is 2.58 bits per heavy atom. The Balaban J connectivity index is 2.94. The fraction of sp³-hybridized carbons (Fsp3) is 0.385. The van der Waals surface area contributed by atoms with E-state index in [1.807, 2.05) is 44.4 Å². The van der Waals surface area contributed by atoms with Gasteiger partial charge in [0.25, 0.3) is 0 Å². The van der Waals surface area contributed by atoms with Crippen molar-refractivity contribution in [2.45, 2.75) is 18.7 Å². The van der Waals surface area contributed by atoms with Gasteiger partial charge in [0.05, 0.1) is 5.69 Å². The van der Waals surface area contributed by atoms with Crippen LogP contribution < -0.4 is 11.1 Å². The standard InChI is InChI=1S/C13H19N3O2S/c1-8(2)11(12(14)16-18)13(17)15-9-6-4-5-7-10(9)19-3/h4-8,11,18H,1-3H3,(H2,14,16)(H,15,17). The fourth-order valence-electron chi connectivity index (χ4n) is 1.80. The number of nitrogens with two attached hydrogens (primary N) is 1. The summed E-state index contributed by atoms with van der Waals surface area (Å²) in [6.07, 6.45) is 1.94. The van der Waals surface area contributed by atoms with E-state index in [9.17, 15) is 4.79 Å². The van der Waals surface area contributed by atoms with Crippen LogP contribution in [0, 0.1) is 11.8 Å². The van der Waals surface area contributed by atoms with E-state index >= 15 is 0 Å². The quantitative estimate of drug-likeness (QED) is 0.254. The SMILES string of the molecule is CSc1ccccc1NC(=O)C(/C(N)=N/O)C(C)C. The first-order chi connectivity index (χ1) is 9.01. The lowest BCUT2D eigenvalue weighted by molar-refractivity contribution is -0.119. The van der Waals surface area contributed by atoms with Crippen LogP contribution in [0.5, 0.6) is 0 Å². The lowest BCUT2D eigenvalue weighted by atomic mass is 9.94. The number of hydrogen-bond donors (Lipinski definition) is 3. The summed E-state index contributed by atoms with van der Waals surface area (Å²) in [7, 11) is 0. The van der Waals surface area contributed by atoms with Crippen LogP contribution in [-0.2, 0) is 4.79 Å². The molecule has 1 rings (SSSR count). The van der Waals surface area contributed by atoms with Gasteiger partial charge in [0.2, 0.25) is 5.91 Å².